The third kappa shape index (κ3) is 3.31. The number of fused-ring (bicyclic) bond motifs is 1. The molecule has 0 unspecified atom stereocenters. The van der Waals surface area contributed by atoms with Crippen molar-refractivity contribution in [3.63, 3.8) is 0 Å². The van der Waals surface area contributed by atoms with Gasteiger partial charge in [-0.1, -0.05) is 60.7 Å². The van der Waals surface area contributed by atoms with Gasteiger partial charge in [0.25, 0.3) is 5.56 Å². The Hall–Kier alpha value is -4.32. The predicted molar refractivity (Wildman–Crippen MR) is 119 cm³/mol. The quantitative estimate of drug-likeness (QED) is 0.471. The van der Waals surface area contributed by atoms with Crippen LogP contribution in [0.3, 0.4) is 0 Å². The Bertz CT molecular complexity index is 1400. The Morgan fingerprint density at radius 2 is 1.70 bits per heavy atom. The molecule has 0 radical (unpaired) electrons. The van der Waals surface area contributed by atoms with Crippen LogP contribution in [0, 0.1) is 0 Å². The molecule has 0 saturated carbocycles. The van der Waals surface area contributed by atoms with Gasteiger partial charge in [-0.15, -0.1) is 0 Å². The zero-order valence-electron chi connectivity index (χ0n) is 15.9. The largest absolute Gasteiger partial charge is 0.354 e. The Kier molecular flexibility index (Phi) is 4.50. The molecular weight excluding hydrogens is 374 g/mol. The number of aromatic amines is 2. The first-order chi connectivity index (χ1) is 14.8. The molecule has 0 bridgehead atoms. The maximum absolute atomic E-state index is 12.7. The monoisotopic (exact) mass is 391 g/mol. The third-order valence-corrected chi connectivity index (χ3v) is 4.94. The summed E-state index contributed by atoms with van der Waals surface area (Å²) in [5.41, 5.74) is 5.39. The fraction of sp³-hybridized carbons (Fsp3) is 0. The molecule has 3 aromatic heterocycles. The molecular formula is C24H17N5O. The minimum absolute atomic E-state index is 0.262. The van der Waals surface area contributed by atoms with Crippen molar-refractivity contribution in [2.24, 2.45) is 0 Å². The van der Waals surface area contributed by atoms with Gasteiger partial charge in [0.15, 0.2) is 0 Å². The molecule has 2 N–H and O–H groups in total. The van der Waals surface area contributed by atoms with Gasteiger partial charge in [0.1, 0.15) is 0 Å². The number of rotatable bonds is 4. The number of hydrogen-bond acceptors (Lipinski definition) is 4. The Morgan fingerprint density at radius 3 is 2.53 bits per heavy atom. The summed E-state index contributed by atoms with van der Waals surface area (Å²) in [5.74, 6) is 0. The number of para-hydroxylation sites is 1. The lowest BCUT2D eigenvalue weighted by Gasteiger charge is -2.04. The molecule has 0 fully saturated rings. The molecule has 5 aromatic rings. The zero-order chi connectivity index (χ0) is 20.3. The van der Waals surface area contributed by atoms with Gasteiger partial charge < -0.3 is 4.98 Å². The van der Waals surface area contributed by atoms with E-state index in [2.05, 4.69) is 25.4 Å². The Labute approximate surface area is 172 Å². The van der Waals surface area contributed by atoms with E-state index in [9.17, 15) is 4.79 Å². The van der Waals surface area contributed by atoms with E-state index in [0.717, 1.165) is 33.3 Å². The van der Waals surface area contributed by atoms with Crippen LogP contribution < -0.4 is 5.56 Å². The summed E-state index contributed by atoms with van der Waals surface area (Å²) in [5, 5.41) is 15.5. The van der Waals surface area contributed by atoms with Gasteiger partial charge in [-0.25, -0.2) is 5.10 Å². The lowest BCUT2D eigenvalue weighted by molar-refractivity contribution is 0.984. The molecule has 5 rings (SSSR count). The molecule has 0 aliphatic rings. The van der Waals surface area contributed by atoms with Crippen molar-refractivity contribution < 1.29 is 0 Å². The SMILES string of the molecule is O=c1[nH]nc(-c2ccnnc2)cc1-c1[nH]c2ccccc2c1/C=C/c1ccccc1. The lowest BCUT2D eigenvalue weighted by Crippen LogP contribution is -2.12. The van der Waals surface area contributed by atoms with Crippen molar-refractivity contribution in [2.75, 3.05) is 0 Å². The van der Waals surface area contributed by atoms with Gasteiger partial charge >= 0.3 is 0 Å². The molecule has 2 aromatic carbocycles. The highest BCUT2D eigenvalue weighted by Gasteiger charge is 2.15. The van der Waals surface area contributed by atoms with Crippen LogP contribution in [-0.4, -0.2) is 25.4 Å². The van der Waals surface area contributed by atoms with Gasteiger partial charge in [0.2, 0.25) is 0 Å². The van der Waals surface area contributed by atoms with Crippen molar-refractivity contribution in [1.82, 2.24) is 25.4 Å². The molecule has 30 heavy (non-hydrogen) atoms. The van der Waals surface area contributed by atoms with Crippen LogP contribution in [-0.2, 0) is 0 Å². The summed E-state index contributed by atoms with van der Waals surface area (Å²) in [6.45, 7) is 0. The van der Waals surface area contributed by atoms with E-state index < -0.39 is 0 Å². The summed E-state index contributed by atoms with van der Waals surface area (Å²) in [4.78, 5) is 16.1. The minimum Gasteiger partial charge on any atom is -0.354 e. The molecule has 3 heterocycles. The Morgan fingerprint density at radius 1 is 0.867 bits per heavy atom. The van der Waals surface area contributed by atoms with Crippen LogP contribution in [0.2, 0.25) is 0 Å². The summed E-state index contributed by atoms with van der Waals surface area (Å²) < 4.78 is 0. The van der Waals surface area contributed by atoms with Gasteiger partial charge in [-0.3, -0.25) is 4.79 Å². The number of hydrogen-bond donors (Lipinski definition) is 2. The van der Waals surface area contributed by atoms with Crippen LogP contribution in [0.5, 0.6) is 0 Å². The van der Waals surface area contributed by atoms with Crippen molar-refractivity contribution >= 4 is 23.1 Å². The fourth-order valence-electron chi connectivity index (χ4n) is 3.47. The highest BCUT2D eigenvalue weighted by Crippen LogP contribution is 2.31. The van der Waals surface area contributed by atoms with Crippen LogP contribution >= 0.6 is 0 Å². The highest BCUT2D eigenvalue weighted by molar-refractivity contribution is 5.98. The number of aromatic nitrogens is 5. The molecule has 6 heteroatoms. The summed E-state index contributed by atoms with van der Waals surface area (Å²) in [6.07, 6.45) is 7.30. The number of benzene rings is 2. The number of H-pyrrole nitrogens is 2. The van der Waals surface area contributed by atoms with Crippen molar-refractivity contribution in [2.45, 2.75) is 0 Å². The predicted octanol–water partition coefficient (Wildman–Crippen LogP) is 4.55. The van der Waals surface area contributed by atoms with Gasteiger partial charge in [0.05, 0.1) is 29.3 Å². The van der Waals surface area contributed by atoms with E-state index in [4.69, 9.17) is 0 Å². The van der Waals surface area contributed by atoms with Gasteiger partial charge in [0, 0.05) is 22.0 Å². The summed E-state index contributed by atoms with van der Waals surface area (Å²) in [7, 11) is 0. The molecule has 144 valence electrons. The molecule has 0 spiro atoms. The van der Waals surface area contributed by atoms with Crippen LogP contribution in [0.1, 0.15) is 11.1 Å². The smallest absolute Gasteiger partial charge is 0.273 e. The topological polar surface area (TPSA) is 87.3 Å². The van der Waals surface area contributed by atoms with Gasteiger partial charge in [-0.2, -0.15) is 15.3 Å². The normalized spacial score (nSPS) is 11.3. The first-order valence-corrected chi connectivity index (χ1v) is 9.50. The van der Waals surface area contributed by atoms with E-state index in [1.165, 1.54) is 0 Å². The second-order valence-electron chi connectivity index (χ2n) is 6.83. The van der Waals surface area contributed by atoms with E-state index in [1.807, 2.05) is 66.7 Å². The molecule has 0 amide bonds. The maximum atomic E-state index is 12.7. The summed E-state index contributed by atoms with van der Waals surface area (Å²) in [6, 6.07) is 21.7. The molecule has 0 aliphatic carbocycles. The van der Waals surface area contributed by atoms with Crippen molar-refractivity contribution in [3.8, 4) is 22.5 Å². The molecule has 0 atom stereocenters. The average Bonchev–Trinajstić information content (AvgIpc) is 3.17. The lowest BCUT2D eigenvalue weighted by atomic mass is 10.0. The third-order valence-electron chi connectivity index (χ3n) is 4.94. The van der Waals surface area contributed by atoms with E-state index >= 15 is 0 Å². The number of nitrogens with zero attached hydrogens (tertiary/aromatic N) is 3. The van der Waals surface area contributed by atoms with Crippen molar-refractivity contribution in [1.29, 1.82) is 0 Å². The standard InChI is InChI=1S/C24H17N5O/c30-24-20(14-22(28-29-24)17-12-13-25-26-15-17)23-19(11-10-16-6-2-1-3-7-16)18-8-4-5-9-21(18)27-23/h1-15,27H,(H,29,30)/b11-10+. The van der Waals surface area contributed by atoms with Crippen LogP contribution in [0.4, 0.5) is 0 Å². The first kappa shape index (κ1) is 17.8. The van der Waals surface area contributed by atoms with E-state index in [0.29, 0.717) is 11.3 Å². The number of nitrogens with one attached hydrogen (secondary N) is 2. The van der Waals surface area contributed by atoms with Crippen LogP contribution in [0.25, 0.3) is 45.6 Å². The van der Waals surface area contributed by atoms with Crippen LogP contribution in [0.15, 0.2) is 83.9 Å². The van der Waals surface area contributed by atoms with Crippen molar-refractivity contribution in [3.05, 3.63) is 101 Å². The maximum Gasteiger partial charge on any atom is 0.273 e. The Balaban J connectivity index is 1.70. The summed E-state index contributed by atoms with van der Waals surface area (Å²) >= 11 is 0. The first-order valence-electron chi connectivity index (χ1n) is 9.50. The van der Waals surface area contributed by atoms with Gasteiger partial charge in [-0.05, 0) is 23.8 Å². The second-order valence-corrected chi connectivity index (χ2v) is 6.83. The second kappa shape index (κ2) is 7.60. The average molecular weight is 391 g/mol. The van der Waals surface area contributed by atoms with E-state index in [1.54, 1.807) is 24.5 Å². The minimum atomic E-state index is -0.262. The fourth-order valence-corrected chi connectivity index (χ4v) is 3.47. The highest BCUT2D eigenvalue weighted by atomic mass is 16.1. The molecule has 0 saturated heterocycles. The van der Waals surface area contributed by atoms with E-state index in [-0.39, 0.29) is 5.56 Å². The molecule has 0 aliphatic heterocycles. The zero-order valence-corrected chi connectivity index (χ0v) is 15.9. The molecule has 6 nitrogen and oxygen atoms in total.